The minimum absolute atomic E-state index is 0.0268. The van der Waals surface area contributed by atoms with Crippen molar-refractivity contribution >= 4 is 17.0 Å². The summed E-state index contributed by atoms with van der Waals surface area (Å²) in [6, 6.07) is 0. The smallest absolute Gasteiger partial charge is 0.306 e. The Morgan fingerprint density at radius 3 is 2.62 bits per heavy atom. The normalized spacial score (nSPS) is 14.4. The highest BCUT2D eigenvalue weighted by atomic mass is 32.2. The van der Waals surface area contributed by atoms with E-state index < -0.39 is 11.1 Å². The molecule has 2 atom stereocenters. The van der Waals surface area contributed by atoms with E-state index in [1.165, 1.54) is 0 Å². The van der Waals surface area contributed by atoms with E-state index in [-0.39, 0.29) is 17.8 Å². The molecule has 0 bridgehead atoms. The zero-order valence-electron chi connectivity index (χ0n) is 10.1. The Hall–Kier alpha value is -0.420. The van der Waals surface area contributed by atoms with E-state index in [1.807, 2.05) is 6.92 Å². The maximum absolute atomic E-state index is 11.3. The largest absolute Gasteiger partial charge is 0.772 e. The molecule has 0 aromatic rings. The molecule has 0 saturated heterocycles. The van der Waals surface area contributed by atoms with Crippen LogP contribution in [0.15, 0.2) is 0 Å². The maximum Gasteiger partial charge on any atom is 0.306 e. The van der Waals surface area contributed by atoms with Crippen LogP contribution in [0, 0.1) is 0 Å². The molecule has 0 rings (SSSR count). The van der Waals surface area contributed by atoms with Crippen LogP contribution in [0.5, 0.6) is 0 Å². The summed E-state index contributed by atoms with van der Waals surface area (Å²) in [5.41, 5.74) is 0. The first kappa shape index (κ1) is 15.6. The molecular formula is C11H21O4S-. The lowest BCUT2D eigenvalue weighted by Gasteiger charge is -2.12. The molecule has 0 fully saturated rings. The SMILES string of the molecule is CCCCC(C)OC(=O)CCCCS(=O)[O-]. The van der Waals surface area contributed by atoms with Crippen molar-refractivity contribution in [1.82, 2.24) is 0 Å². The van der Waals surface area contributed by atoms with E-state index in [4.69, 9.17) is 4.74 Å². The Morgan fingerprint density at radius 2 is 2.06 bits per heavy atom. The van der Waals surface area contributed by atoms with Gasteiger partial charge in [-0.15, -0.1) is 0 Å². The average Bonchev–Trinajstić information content (AvgIpc) is 2.21. The number of hydrogen-bond donors (Lipinski definition) is 0. The van der Waals surface area contributed by atoms with Gasteiger partial charge in [0, 0.05) is 12.2 Å². The van der Waals surface area contributed by atoms with E-state index in [9.17, 15) is 13.6 Å². The molecule has 0 aromatic carbocycles. The summed E-state index contributed by atoms with van der Waals surface area (Å²) < 4.78 is 25.6. The molecule has 4 nitrogen and oxygen atoms in total. The predicted molar refractivity (Wildman–Crippen MR) is 62.7 cm³/mol. The zero-order valence-corrected chi connectivity index (χ0v) is 10.9. The number of hydrogen-bond acceptors (Lipinski definition) is 4. The molecule has 0 aliphatic rings. The van der Waals surface area contributed by atoms with Crippen molar-refractivity contribution in [3.05, 3.63) is 0 Å². The van der Waals surface area contributed by atoms with Gasteiger partial charge in [-0.2, -0.15) is 0 Å². The van der Waals surface area contributed by atoms with Crippen molar-refractivity contribution in [1.29, 1.82) is 0 Å². The first-order valence-electron chi connectivity index (χ1n) is 5.81. The van der Waals surface area contributed by atoms with Crippen molar-refractivity contribution in [2.24, 2.45) is 0 Å². The molecule has 16 heavy (non-hydrogen) atoms. The van der Waals surface area contributed by atoms with Gasteiger partial charge in [0.15, 0.2) is 0 Å². The van der Waals surface area contributed by atoms with Crippen molar-refractivity contribution in [3.63, 3.8) is 0 Å². The second kappa shape index (κ2) is 9.78. The van der Waals surface area contributed by atoms with Gasteiger partial charge in [-0.1, -0.05) is 30.8 Å². The molecule has 0 spiro atoms. The van der Waals surface area contributed by atoms with Crippen LogP contribution < -0.4 is 0 Å². The molecule has 0 amide bonds. The molecule has 2 unspecified atom stereocenters. The molecule has 0 N–H and O–H groups in total. The fourth-order valence-corrected chi connectivity index (χ4v) is 1.76. The van der Waals surface area contributed by atoms with E-state index in [0.717, 1.165) is 19.3 Å². The Balaban J connectivity index is 3.46. The Morgan fingerprint density at radius 1 is 1.38 bits per heavy atom. The topological polar surface area (TPSA) is 66.4 Å². The zero-order chi connectivity index (χ0) is 12.4. The van der Waals surface area contributed by atoms with Crippen LogP contribution in [0.1, 0.15) is 52.4 Å². The molecule has 0 aliphatic heterocycles. The van der Waals surface area contributed by atoms with Crippen LogP contribution in [0.3, 0.4) is 0 Å². The van der Waals surface area contributed by atoms with Crippen molar-refractivity contribution < 1.29 is 18.3 Å². The Kier molecular flexibility index (Phi) is 9.52. The highest BCUT2D eigenvalue weighted by Crippen LogP contribution is 2.07. The highest BCUT2D eigenvalue weighted by Gasteiger charge is 2.08. The van der Waals surface area contributed by atoms with Gasteiger partial charge in [-0.3, -0.25) is 9.00 Å². The molecule has 0 saturated carbocycles. The fourth-order valence-electron chi connectivity index (χ4n) is 1.32. The van der Waals surface area contributed by atoms with Gasteiger partial charge in [-0.25, -0.2) is 0 Å². The van der Waals surface area contributed by atoms with Gasteiger partial charge >= 0.3 is 5.97 Å². The molecule has 96 valence electrons. The Labute approximate surface area is 100 Å². The summed E-state index contributed by atoms with van der Waals surface area (Å²) in [6.07, 6.45) is 4.43. The van der Waals surface area contributed by atoms with Crippen molar-refractivity contribution in [2.75, 3.05) is 5.75 Å². The van der Waals surface area contributed by atoms with Gasteiger partial charge in [0.1, 0.15) is 0 Å². The lowest BCUT2D eigenvalue weighted by Crippen LogP contribution is -2.14. The quantitative estimate of drug-likeness (QED) is 0.357. The van der Waals surface area contributed by atoms with Crippen LogP contribution >= 0.6 is 0 Å². The second-order valence-electron chi connectivity index (χ2n) is 3.91. The third-order valence-electron chi connectivity index (χ3n) is 2.24. The second-order valence-corrected chi connectivity index (χ2v) is 4.92. The van der Waals surface area contributed by atoms with E-state index in [2.05, 4.69) is 6.92 Å². The van der Waals surface area contributed by atoms with Crippen LogP contribution in [0.4, 0.5) is 0 Å². The third kappa shape index (κ3) is 10.1. The summed E-state index contributed by atoms with van der Waals surface area (Å²) in [6.45, 7) is 3.98. The number of ether oxygens (including phenoxy) is 1. The summed E-state index contributed by atoms with van der Waals surface area (Å²) >= 11 is -2.00. The maximum atomic E-state index is 11.3. The van der Waals surface area contributed by atoms with Crippen molar-refractivity contribution in [2.45, 2.75) is 58.5 Å². The standard InChI is InChI=1S/C11H22O4S/c1-3-4-7-10(2)15-11(12)8-5-6-9-16(13)14/h10H,3-9H2,1-2H3,(H,13,14)/p-1. The summed E-state index contributed by atoms with van der Waals surface area (Å²) in [5.74, 6) is -0.0983. The van der Waals surface area contributed by atoms with Crippen LogP contribution in [0.2, 0.25) is 0 Å². The van der Waals surface area contributed by atoms with Crippen LogP contribution in [0.25, 0.3) is 0 Å². The Bertz CT molecular complexity index is 218. The summed E-state index contributed by atoms with van der Waals surface area (Å²) in [7, 11) is 0. The first-order chi connectivity index (χ1) is 7.56. The highest BCUT2D eigenvalue weighted by molar-refractivity contribution is 7.79. The monoisotopic (exact) mass is 249 g/mol. The molecular weight excluding hydrogens is 228 g/mol. The number of carbonyl (C=O) groups excluding carboxylic acids is 1. The lowest BCUT2D eigenvalue weighted by molar-refractivity contribution is -0.148. The molecule has 0 aromatic heterocycles. The number of unbranched alkanes of at least 4 members (excludes halogenated alkanes) is 2. The number of carbonyl (C=O) groups is 1. The van der Waals surface area contributed by atoms with Crippen LogP contribution in [-0.4, -0.2) is 26.6 Å². The van der Waals surface area contributed by atoms with E-state index in [1.54, 1.807) is 0 Å². The third-order valence-corrected chi connectivity index (χ3v) is 2.86. The molecule has 5 heteroatoms. The number of rotatable bonds is 9. The van der Waals surface area contributed by atoms with E-state index >= 15 is 0 Å². The minimum Gasteiger partial charge on any atom is -0.772 e. The van der Waals surface area contributed by atoms with E-state index in [0.29, 0.717) is 19.3 Å². The van der Waals surface area contributed by atoms with Gasteiger partial charge in [-0.05, 0) is 26.2 Å². The van der Waals surface area contributed by atoms with Gasteiger partial charge in [0.2, 0.25) is 0 Å². The van der Waals surface area contributed by atoms with Gasteiger partial charge < -0.3 is 9.29 Å². The molecule has 0 heterocycles. The molecule has 0 aliphatic carbocycles. The number of esters is 1. The summed E-state index contributed by atoms with van der Waals surface area (Å²) in [5, 5.41) is 0. The fraction of sp³-hybridized carbons (Fsp3) is 0.909. The summed E-state index contributed by atoms with van der Waals surface area (Å²) in [4.78, 5) is 11.3. The molecule has 0 radical (unpaired) electrons. The van der Waals surface area contributed by atoms with Crippen LogP contribution in [-0.2, 0) is 20.6 Å². The van der Waals surface area contributed by atoms with Gasteiger partial charge in [0.05, 0.1) is 6.10 Å². The van der Waals surface area contributed by atoms with Crippen molar-refractivity contribution in [3.8, 4) is 0 Å². The van der Waals surface area contributed by atoms with Gasteiger partial charge in [0.25, 0.3) is 0 Å². The first-order valence-corrected chi connectivity index (χ1v) is 7.06. The average molecular weight is 249 g/mol. The lowest BCUT2D eigenvalue weighted by atomic mass is 10.2. The minimum atomic E-state index is -2.00. The predicted octanol–water partition coefficient (Wildman–Crippen LogP) is 2.16.